The predicted octanol–water partition coefficient (Wildman–Crippen LogP) is 2.40. The van der Waals surface area contributed by atoms with Crippen LogP contribution >= 0.6 is 0 Å². The van der Waals surface area contributed by atoms with Crippen molar-refractivity contribution in [2.24, 2.45) is 5.41 Å². The van der Waals surface area contributed by atoms with E-state index in [1.807, 2.05) is 13.8 Å². The number of rotatable bonds is 4. The van der Waals surface area contributed by atoms with E-state index in [1.165, 1.54) is 13.2 Å². The average Bonchev–Trinajstić information content (AvgIpc) is 2.48. The lowest BCUT2D eigenvalue weighted by molar-refractivity contribution is -0.131. The number of halogens is 1. The van der Waals surface area contributed by atoms with Crippen LogP contribution in [0.15, 0.2) is 18.2 Å². The van der Waals surface area contributed by atoms with Gasteiger partial charge in [-0.2, -0.15) is 0 Å². The second-order valence-electron chi connectivity index (χ2n) is 5.93. The molecule has 116 valence electrons. The van der Waals surface area contributed by atoms with Gasteiger partial charge in [0.1, 0.15) is 0 Å². The van der Waals surface area contributed by atoms with Crippen molar-refractivity contribution in [1.29, 1.82) is 0 Å². The Morgan fingerprint density at radius 3 is 2.90 bits per heavy atom. The van der Waals surface area contributed by atoms with Crippen LogP contribution in [0.4, 0.5) is 4.39 Å². The van der Waals surface area contributed by atoms with E-state index in [-0.39, 0.29) is 23.1 Å². The van der Waals surface area contributed by atoms with Crippen LogP contribution in [0.1, 0.15) is 38.3 Å². The van der Waals surface area contributed by atoms with E-state index in [4.69, 9.17) is 4.74 Å². The maximum absolute atomic E-state index is 13.4. The lowest BCUT2D eigenvalue weighted by Crippen LogP contribution is -2.49. The normalized spacial score (nSPS) is 23.4. The van der Waals surface area contributed by atoms with Gasteiger partial charge in [0.25, 0.3) is 0 Å². The van der Waals surface area contributed by atoms with Crippen LogP contribution in [0.2, 0.25) is 0 Å². The molecule has 1 aliphatic heterocycles. The smallest absolute Gasteiger partial charge is 0.227 e. The summed E-state index contributed by atoms with van der Waals surface area (Å²) in [5.41, 5.74) is 0.449. The number of hydrogen-bond acceptors (Lipinski definition) is 3. The predicted molar refractivity (Wildman–Crippen MR) is 79.7 cm³/mol. The molecule has 1 amide bonds. The van der Waals surface area contributed by atoms with Gasteiger partial charge in [-0.25, -0.2) is 4.39 Å². The topological polar surface area (TPSA) is 50.4 Å². The van der Waals surface area contributed by atoms with Gasteiger partial charge in [-0.05, 0) is 50.9 Å². The molecular formula is C16H23FN2O2. The molecule has 1 aromatic rings. The van der Waals surface area contributed by atoms with E-state index in [1.54, 1.807) is 12.1 Å². The van der Waals surface area contributed by atoms with Gasteiger partial charge in [0.05, 0.1) is 18.6 Å². The molecule has 0 aromatic heterocycles. The molecule has 1 heterocycles. The second-order valence-corrected chi connectivity index (χ2v) is 5.93. The SMILES string of the molecule is COc1cc([C@H](C)NC(=O)[C@]2(C)CCCNC2)ccc1F. The van der Waals surface area contributed by atoms with Crippen LogP contribution in [0.3, 0.4) is 0 Å². The van der Waals surface area contributed by atoms with Gasteiger partial charge in [-0.15, -0.1) is 0 Å². The van der Waals surface area contributed by atoms with Crippen LogP contribution in [0.5, 0.6) is 5.75 Å². The highest BCUT2D eigenvalue weighted by Gasteiger charge is 2.35. The Balaban J connectivity index is 2.06. The highest BCUT2D eigenvalue weighted by atomic mass is 19.1. The summed E-state index contributed by atoms with van der Waals surface area (Å²) in [5, 5.41) is 6.28. The molecule has 2 atom stereocenters. The molecule has 0 spiro atoms. The Hall–Kier alpha value is -1.62. The molecule has 0 aliphatic carbocycles. The molecule has 2 rings (SSSR count). The van der Waals surface area contributed by atoms with Crippen molar-refractivity contribution in [2.45, 2.75) is 32.7 Å². The van der Waals surface area contributed by atoms with Crippen LogP contribution in [0, 0.1) is 11.2 Å². The number of methoxy groups -OCH3 is 1. The van der Waals surface area contributed by atoms with Gasteiger partial charge in [-0.1, -0.05) is 6.07 Å². The zero-order valence-electron chi connectivity index (χ0n) is 12.8. The molecule has 2 N–H and O–H groups in total. The third kappa shape index (κ3) is 3.53. The average molecular weight is 294 g/mol. The fourth-order valence-electron chi connectivity index (χ4n) is 2.65. The summed E-state index contributed by atoms with van der Waals surface area (Å²) in [6.45, 7) is 5.53. The Kier molecular flexibility index (Phi) is 4.83. The summed E-state index contributed by atoms with van der Waals surface area (Å²) in [6, 6.07) is 4.47. The minimum atomic E-state index is -0.400. The maximum Gasteiger partial charge on any atom is 0.227 e. The van der Waals surface area contributed by atoms with Gasteiger partial charge in [-0.3, -0.25) is 4.79 Å². The molecule has 1 aliphatic rings. The number of ether oxygens (including phenoxy) is 1. The van der Waals surface area contributed by atoms with Crippen LogP contribution in [-0.4, -0.2) is 26.1 Å². The molecule has 5 heteroatoms. The van der Waals surface area contributed by atoms with Gasteiger partial charge in [0.2, 0.25) is 5.91 Å². The quantitative estimate of drug-likeness (QED) is 0.896. The largest absolute Gasteiger partial charge is 0.494 e. The molecule has 4 nitrogen and oxygen atoms in total. The van der Waals surface area contributed by atoms with Crippen LogP contribution < -0.4 is 15.4 Å². The standard InChI is InChI=1S/C16H23FN2O2/c1-11(12-5-6-13(17)14(9-12)21-3)19-15(20)16(2)7-4-8-18-10-16/h5-6,9,11,18H,4,7-8,10H2,1-3H3,(H,19,20)/t11-,16+/m0/s1. The monoisotopic (exact) mass is 294 g/mol. The number of piperidine rings is 1. The Morgan fingerprint density at radius 2 is 2.29 bits per heavy atom. The van der Waals surface area contributed by atoms with Crippen molar-refractivity contribution in [2.75, 3.05) is 20.2 Å². The van der Waals surface area contributed by atoms with E-state index in [2.05, 4.69) is 10.6 Å². The van der Waals surface area contributed by atoms with Crippen molar-refractivity contribution < 1.29 is 13.9 Å². The van der Waals surface area contributed by atoms with Crippen molar-refractivity contribution >= 4 is 5.91 Å². The van der Waals surface area contributed by atoms with Gasteiger partial charge in [0.15, 0.2) is 11.6 Å². The van der Waals surface area contributed by atoms with Crippen molar-refractivity contribution in [1.82, 2.24) is 10.6 Å². The number of carbonyl (C=O) groups is 1. The third-order valence-electron chi connectivity index (χ3n) is 4.17. The van der Waals surface area contributed by atoms with Crippen molar-refractivity contribution in [3.63, 3.8) is 0 Å². The van der Waals surface area contributed by atoms with Crippen molar-refractivity contribution in [3.8, 4) is 5.75 Å². The van der Waals surface area contributed by atoms with Crippen LogP contribution in [-0.2, 0) is 4.79 Å². The molecule has 0 unspecified atom stereocenters. The first-order valence-electron chi connectivity index (χ1n) is 7.31. The number of amides is 1. The first-order chi connectivity index (χ1) is 9.96. The van der Waals surface area contributed by atoms with Crippen LogP contribution in [0.25, 0.3) is 0 Å². The lowest BCUT2D eigenvalue weighted by atomic mass is 9.81. The highest BCUT2D eigenvalue weighted by molar-refractivity contribution is 5.83. The summed E-state index contributed by atoms with van der Waals surface area (Å²) in [7, 11) is 1.43. The Morgan fingerprint density at radius 1 is 1.52 bits per heavy atom. The van der Waals surface area contributed by atoms with Gasteiger partial charge >= 0.3 is 0 Å². The Bertz CT molecular complexity index is 513. The van der Waals surface area contributed by atoms with Gasteiger partial charge < -0.3 is 15.4 Å². The summed E-state index contributed by atoms with van der Waals surface area (Å²) >= 11 is 0. The zero-order chi connectivity index (χ0) is 15.5. The van der Waals surface area contributed by atoms with E-state index in [0.717, 1.165) is 24.9 Å². The maximum atomic E-state index is 13.4. The molecular weight excluding hydrogens is 271 g/mol. The summed E-state index contributed by atoms with van der Waals surface area (Å²) in [6.07, 6.45) is 1.88. The third-order valence-corrected chi connectivity index (χ3v) is 4.17. The molecule has 21 heavy (non-hydrogen) atoms. The molecule has 1 aromatic carbocycles. The molecule has 0 bridgehead atoms. The number of benzene rings is 1. The van der Waals surface area contributed by atoms with E-state index < -0.39 is 5.82 Å². The molecule has 0 saturated carbocycles. The first kappa shape index (κ1) is 15.8. The van der Waals surface area contributed by atoms with E-state index >= 15 is 0 Å². The zero-order valence-corrected chi connectivity index (χ0v) is 12.8. The van der Waals surface area contributed by atoms with E-state index in [0.29, 0.717) is 6.54 Å². The first-order valence-corrected chi connectivity index (χ1v) is 7.31. The fraction of sp³-hybridized carbons (Fsp3) is 0.562. The van der Waals surface area contributed by atoms with Crippen molar-refractivity contribution in [3.05, 3.63) is 29.6 Å². The Labute approximate surface area is 125 Å². The molecule has 1 fully saturated rings. The number of carbonyl (C=O) groups excluding carboxylic acids is 1. The van der Waals surface area contributed by atoms with Gasteiger partial charge in [0, 0.05) is 6.54 Å². The minimum absolute atomic E-state index is 0.0329. The minimum Gasteiger partial charge on any atom is -0.494 e. The molecule has 1 saturated heterocycles. The molecule has 0 radical (unpaired) electrons. The highest BCUT2D eigenvalue weighted by Crippen LogP contribution is 2.28. The number of hydrogen-bond donors (Lipinski definition) is 2. The summed E-state index contributed by atoms with van der Waals surface area (Å²) < 4.78 is 18.4. The lowest BCUT2D eigenvalue weighted by Gasteiger charge is -2.33. The summed E-state index contributed by atoms with van der Waals surface area (Å²) in [5.74, 6) is -0.173. The number of nitrogens with one attached hydrogen (secondary N) is 2. The second kappa shape index (κ2) is 6.43. The fourth-order valence-corrected chi connectivity index (χ4v) is 2.65. The summed E-state index contributed by atoms with van der Waals surface area (Å²) in [4.78, 5) is 12.5. The van der Waals surface area contributed by atoms with E-state index in [9.17, 15) is 9.18 Å².